The molecule has 1 aromatic carbocycles. The average Bonchev–Trinajstić information content (AvgIpc) is 2.78. The fraction of sp³-hybridized carbons (Fsp3) is 0.526. The van der Waals surface area contributed by atoms with Crippen molar-refractivity contribution >= 4 is 44.7 Å². The first-order chi connectivity index (χ1) is 13.9. The maximum absolute atomic E-state index is 13.3. The van der Waals surface area contributed by atoms with Crippen LogP contribution >= 0.6 is 12.2 Å². The van der Waals surface area contributed by atoms with E-state index in [1.54, 1.807) is 20.8 Å². The summed E-state index contributed by atoms with van der Waals surface area (Å²) in [4.78, 5) is 17.8. The van der Waals surface area contributed by atoms with E-state index < -0.39 is 50.3 Å². The van der Waals surface area contributed by atoms with Crippen molar-refractivity contribution in [2.75, 3.05) is 17.4 Å². The average molecular weight is 478 g/mol. The molecule has 0 N–H and O–H groups in total. The van der Waals surface area contributed by atoms with Crippen molar-refractivity contribution in [3.05, 3.63) is 35.2 Å². The number of halogens is 3. The standard InChI is InChI=1S/C19H22F3N3O4S2/c1-17(2,3)10-29-31(27,28)11-24-16(30)25(15(26)18(24,4)5)12-7-8-14(23-6)13(9-12)19(20,21)22/h7-9H,10-11H2,1-5H3. The Balaban J connectivity index is 2.43. The molecule has 0 radical (unpaired) electrons. The first-order valence-electron chi connectivity index (χ1n) is 9.03. The van der Waals surface area contributed by atoms with Crippen molar-refractivity contribution in [3.63, 3.8) is 0 Å². The topological polar surface area (TPSA) is 71.3 Å². The zero-order chi connectivity index (χ0) is 24.0. The number of thiocarbonyl (C=S) groups is 1. The lowest BCUT2D eigenvalue weighted by molar-refractivity contribution is -0.136. The molecular weight excluding hydrogens is 455 g/mol. The normalized spacial score (nSPS) is 17.3. The van der Waals surface area contributed by atoms with Gasteiger partial charge in [-0.25, -0.2) is 4.85 Å². The van der Waals surface area contributed by atoms with E-state index in [4.69, 9.17) is 23.0 Å². The summed E-state index contributed by atoms with van der Waals surface area (Å²) in [6.45, 7) is 15.0. The predicted molar refractivity (Wildman–Crippen MR) is 113 cm³/mol. The maximum Gasteiger partial charge on any atom is 0.407 e. The van der Waals surface area contributed by atoms with Gasteiger partial charge in [-0.05, 0) is 43.6 Å². The Morgan fingerprint density at radius 2 is 1.81 bits per heavy atom. The highest BCUT2D eigenvalue weighted by Gasteiger charge is 2.51. The van der Waals surface area contributed by atoms with Gasteiger partial charge in [0.15, 0.2) is 10.8 Å². The lowest BCUT2D eigenvalue weighted by Gasteiger charge is -2.29. The maximum atomic E-state index is 13.3. The summed E-state index contributed by atoms with van der Waals surface area (Å²) in [6.07, 6.45) is -4.82. The third kappa shape index (κ3) is 5.34. The van der Waals surface area contributed by atoms with Crippen molar-refractivity contribution in [2.45, 2.75) is 46.3 Å². The Hall–Kier alpha value is -2.23. The quantitative estimate of drug-likeness (QED) is 0.357. The van der Waals surface area contributed by atoms with Gasteiger partial charge in [0.1, 0.15) is 11.4 Å². The van der Waals surface area contributed by atoms with Gasteiger partial charge in [-0.15, -0.1) is 0 Å². The van der Waals surface area contributed by atoms with Crippen LogP contribution in [0.3, 0.4) is 0 Å². The smallest absolute Gasteiger partial charge is 0.317 e. The third-order valence-corrected chi connectivity index (χ3v) is 5.90. The van der Waals surface area contributed by atoms with Crippen LogP contribution in [0.5, 0.6) is 0 Å². The molecule has 1 aliphatic rings. The lowest BCUT2D eigenvalue weighted by Crippen LogP contribution is -2.47. The molecule has 7 nitrogen and oxygen atoms in total. The molecule has 0 aromatic heterocycles. The minimum atomic E-state index is -4.82. The molecule has 1 aliphatic heterocycles. The van der Waals surface area contributed by atoms with Crippen LogP contribution in [0.2, 0.25) is 0 Å². The number of alkyl halides is 3. The Kier molecular flexibility index (Phi) is 6.49. The van der Waals surface area contributed by atoms with Crippen molar-refractivity contribution in [1.29, 1.82) is 0 Å². The van der Waals surface area contributed by atoms with E-state index in [1.807, 2.05) is 0 Å². The number of anilines is 1. The Bertz CT molecular complexity index is 1050. The van der Waals surface area contributed by atoms with Gasteiger partial charge in [-0.2, -0.15) is 21.6 Å². The largest absolute Gasteiger partial charge is 0.407 e. The molecule has 1 aromatic rings. The number of hydrogen-bond donors (Lipinski definition) is 0. The second kappa shape index (κ2) is 8.03. The monoisotopic (exact) mass is 477 g/mol. The molecule has 170 valence electrons. The molecule has 0 unspecified atom stereocenters. The van der Waals surface area contributed by atoms with Gasteiger partial charge in [0.25, 0.3) is 16.0 Å². The summed E-state index contributed by atoms with van der Waals surface area (Å²) >= 11 is 5.26. The van der Waals surface area contributed by atoms with Crippen molar-refractivity contribution < 1.29 is 30.6 Å². The molecule has 1 amide bonds. The molecule has 1 fully saturated rings. The van der Waals surface area contributed by atoms with Gasteiger partial charge in [0, 0.05) is 5.69 Å². The second-order valence-corrected chi connectivity index (χ2v) is 10.7. The van der Waals surface area contributed by atoms with Crippen LogP contribution in [0.15, 0.2) is 18.2 Å². The Labute approximate surface area is 184 Å². The zero-order valence-electron chi connectivity index (χ0n) is 17.6. The van der Waals surface area contributed by atoms with Crippen molar-refractivity contribution in [3.8, 4) is 0 Å². The molecule has 1 saturated heterocycles. The first-order valence-corrected chi connectivity index (χ1v) is 11.0. The number of benzene rings is 1. The molecule has 31 heavy (non-hydrogen) atoms. The van der Waals surface area contributed by atoms with Gasteiger partial charge in [-0.1, -0.05) is 26.8 Å². The summed E-state index contributed by atoms with van der Waals surface area (Å²) in [5.74, 6) is -1.45. The fourth-order valence-electron chi connectivity index (χ4n) is 2.73. The summed E-state index contributed by atoms with van der Waals surface area (Å²) in [6, 6.07) is 2.76. The predicted octanol–water partition coefficient (Wildman–Crippen LogP) is 4.32. The van der Waals surface area contributed by atoms with Crippen LogP contribution in [0.4, 0.5) is 24.5 Å². The highest BCUT2D eigenvalue weighted by molar-refractivity contribution is 7.86. The van der Waals surface area contributed by atoms with Gasteiger partial charge in [-0.3, -0.25) is 13.9 Å². The minimum Gasteiger partial charge on any atom is -0.317 e. The van der Waals surface area contributed by atoms with Crippen LogP contribution in [-0.4, -0.2) is 42.4 Å². The van der Waals surface area contributed by atoms with E-state index in [2.05, 4.69) is 4.85 Å². The SMILES string of the molecule is [C-]#[N+]c1ccc(N2C(=O)C(C)(C)N(CS(=O)(=O)OCC(C)(C)C)C2=S)cc1C(F)(F)F. The molecule has 0 atom stereocenters. The van der Waals surface area contributed by atoms with Crippen LogP contribution in [0, 0.1) is 12.0 Å². The van der Waals surface area contributed by atoms with Gasteiger partial charge in [0.2, 0.25) is 0 Å². The third-order valence-electron chi connectivity index (χ3n) is 4.45. The van der Waals surface area contributed by atoms with E-state index >= 15 is 0 Å². The molecule has 0 saturated carbocycles. The van der Waals surface area contributed by atoms with Crippen molar-refractivity contribution in [1.82, 2.24) is 4.90 Å². The van der Waals surface area contributed by atoms with Crippen LogP contribution in [-0.2, 0) is 25.3 Å². The van der Waals surface area contributed by atoms with E-state index in [1.165, 1.54) is 13.8 Å². The second-order valence-electron chi connectivity index (χ2n) is 8.73. The molecule has 2 rings (SSSR count). The van der Waals surface area contributed by atoms with E-state index in [-0.39, 0.29) is 17.4 Å². The molecule has 0 spiro atoms. The number of hydrogen-bond acceptors (Lipinski definition) is 5. The number of amides is 1. The van der Waals surface area contributed by atoms with Crippen LogP contribution in [0.25, 0.3) is 4.85 Å². The highest BCUT2D eigenvalue weighted by atomic mass is 32.2. The van der Waals surface area contributed by atoms with Crippen molar-refractivity contribution in [2.24, 2.45) is 5.41 Å². The summed E-state index contributed by atoms with van der Waals surface area (Å²) in [5.41, 5.74) is -3.94. The summed E-state index contributed by atoms with van der Waals surface area (Å²) in [5, 5.41) is -0.276. The van der Waals surface area contributed by atoms with Gasteiger partial charge >= 0.3 is 6.18 Å². The van der Waals surface area contributed by atoms with E-state index in [0.717, 1.165) is 21.9 Å². The number of rotatable bonds is 5. The number of carbonyl (C=O) groups excluding carboxylic acids is 1. The van der Waals surface area contributed by atoms with Crippen LogP contribution < -0.4 is 4.90 Å². The van der Waals surface area contributed by atoms with Crippen LogP contribution in [0.1, 0.15) is 40.2 Å². The Morgan fingerprint density at radius 1 is 1.23 bits per heavy atom. The number of carbonyl (C=O) groups is 1. The van der Waals surface area contributed by atoms with Gasteiger partial charge < -0.3 is 4.90 Å². The van der Waals surface area contributed by atoms with E-state index in [9.17, 15) is 26.4 Å². The first kappa shape index (κ1) is 25.0. The lowest BCUT2D eigenvalue weighted by atomic mass is 9.99. The van der Waals surface area contributed by atoms with Gasteiger partial charge in [0.05, 0.1) is 18.7 Å². The Morgan fingerprint density at radius 3 is 2.29 bits per heavy atom. The minimum absolute atomic E-state index is 0.0962. The molecular formula is C19H22F3N3O4S2. The molecule has 1 heterocycles. The highest BCUT2D eigenvalue weighted by Crippen LogP contribution is 2.41. The van der Waals surface area contributed by atoms with E-state index in [0.29, 0.717) is 6.07 Å². The molecule has 12 heteroatoms. The summed E-state index contributed by atoms with van der Waals surface area (Å²) < 4.78 is 70.0. The summed E-state index contributed by atoms with van der Waals surface area (Å²) in [7, 11) is -4.13. The fourth-order valence-corrected chi connectivity index (χ4v) is 4.66. The molecule has 0 aliphatic carbocycles. The number of nitrogens with zero attached hydrogens (tertiary/aromatic N) is 3. The molecule has 0 bridgehead atoms. The zero-order valence-corrected chi connectivity index (χ0v) is 19.2.